The van der Waals surface area contributed by atoms with Gasteiger partial charge in [0.15, 0.2) is 5.03 Å². The highest BCUT2D eigenvalue weighted by atomic mass is 32.2. The number of ether oxygens (including phenoxy) is 1. The van der Waals surface area contributed by atoms with E-state index in [1.165, 1.54) is 6.07 Å². The van der Waals surface area contributed by atoms with Crippen LogP contribution in [0.15, 0.2) is 23.4 Å². The second kappa shape index (κ2) is 9.83. The number of unbranched alkanes of at least 4 members (excludes halogenated alkanes) is 1. The van der Waals surface area contributed by atoms with Crippen LogP contribution < -0.4 is 10.0 Å². The minimum absolute atomic E-state index is 0.0382. The topological polar surface area (TPSA) is 80.3 Å². The Bertz CT molecular complexity index is 489. The van der Waals surface area contributed by atoms with E-state index in [1.54, 1.807) is 12.3 Å². The summed E-state index contributed by atoms with van der Waals surface area (Å²) in [7, 11) is -3.55. The van der Waals surface area contributed by atoms with Crippen LogP contribution in [-0.2, 0) is 21.3 Å². The van der Waals surface area contributed by atoms with Crippen molar-refractivity contribution in [1.29, 1.82) is 0 Å². The van der Waals surface area contributed by atoms with Crippen LogP contribution in [-0.4, -0.2) is 39.7 Å². The Hall–Kier alpha value is -1.02. The van der Waals surface area contributed by atoms with E-state index in [9.17, 15) is 8.42 Å². The molecule has 0 aliphatic rings. The molecule has 21 heavy (non-hydrogen) atoms. The van der Waals surface area contributed by atoms with Crippen LogP contribution in [0.25, 0.3) is 0 Å². The van der Waals surface area contributed by atoms with Gasteiger partial charge in [-0.25, -0.2) is 18.1 Å². The average Bonchev–Trinajstić information content (AvgIpc) is 2.49. The van der Waals surface area contributed by atoms with E-state index >= 15 is 0 Å². The van der Waals surface area contributed by atoms with Gasteiger partial charge in [0, 0.05) is 25.9 Å². The molecule has 7 heteroatoms. The maximum atomic E-state index is 12.0. The number of sulfonamides is 1. The zero-order chi connectivity index (χ0) is 15.6. The van der Waals surface area contributed by atoms with E-state index in [1.807, 2.05) is 6.92 Å². The molecule has 1 aromatic heterocycles. The van der Waals surface area contributed by atoms with Crippen LogP contribution in [0.1, 0.15) is 32.3 Å². The summed E-state index contributed by atoms with van der Waals surface area (Å²) in [6, 6.07) is 3.29. The molecule has 0 aliphatic heterocycles. The first kappa shape index (κ1) is 18.0. The molecule has 120 valence electrons. The summed E-state index contributed by atoms with van der Waals surface area (Å²) in [6.07, 6.45) is 3.63. The number of rotatable bonds is 11. The van der Waals surface area contributed by atoms with Crippen molar-refractivity contribution in [3.63, 3.8) is 0 Å². The van der Waals surface area contributed by atoms with Gasteiger partial charge in [-0.3, -0.25) is 0 Å². The van der Waals surface area contributed by atoms with Crippen LogP contribution in [0.4, 0.5) is 0 Å². The molecule has 1 heterocycles. The third-order valence-electron chi connectivity index (χ3n) is 2.83. The van der Waals surface area contributed by atoms with Gasteiger partial charge in [-0.15, -0.1) is 0 Å². The zero-order valence-electron chi connectivity index (χ0n) is 12.8. The molecule has 1 aromatic rings. The van der Waals surface area contributed by atoms with Crippen molar-refractivity contribution in [2.75, 3.05) is 26.3 Å². The molecule has 0 radical (unpaired) electrons. The van der Waals surface area contributed by atoms with Gasteiger partial charge in [0.2, 0.25) is 0 Å². The fourth-order valence-corrected chi connectivity index (χ4v) is 2.55. The quantitative estimate of drug-likeness (QED) is 0.601. The van der Waals surface area contributed by atoms with Crippen molar-refractivity contribution < 1.29 is 13.2 Å². The molecule has 0 saturated heterocycles. The lowest BCUT2D eigenvalue weighted by Gasteiger charge is -2.07. The predicted molar refractivity (Wildman–Crippen MR) is 82.5 cm³/mol. The molecule has 6 nitrogen and oxygen atoms in total. The monoisotopic (exact) mass is 315 g/mol. The molecule has 0 fully saturated rings. The van der Waals surface area contributed by atoms with E-state index < -0.39 is 10.0 Å². The van der Waals surface area contributed by atoms with Crippen LogP contribution >= 0.6 is 0 Å². The third-order valence-corrected chi connectivity index (χ3v) is 4.21. The summed E-state index contributed by atoms with van der Waals surface area (Å²) < 4.78 is 31.8. The van der Waals surface area contributed by atoms with Crippen molar-refractivity contribution in [1.82, 2.24) is 15.0 Å². The molecule has 0 atom stereocenters. The van der Waals surface area contributed by atoms with Crippen LogP contribution in [0.5, 0.6) is 0 Å². The van der Waals surface area contributed by atoms with Crippen LogP contribution in [0.2, 0.25) is 0 Å². The Labute approximate surface area is 127 Å². The standard InChI is InChI=1S/C14H25N3O3S/c1-3-5-9-20-10-8-17-21(18,19)14-7-6-13(12-16-14)11-15-4-2/h6-7,12,15,17H,3-5,8-11H2,1-2H3. The number of nitrogens with zero attached hydrogens (tertiary/aromatic N) is 1. The Morgan fingerprint density at radius 3 is 2.67 bits per heavy atom. The number of hydrogen-bond donors (Lipinski definition) is 2. The maximum absolute atomic E-state index is 12.0. The molecule has 0 aromatic carbocycles. The fraction of sp³-hybridized carbons (Fsp3) is 0.643. The first-order valence-corrected chi connectivity index (χ1v) is 8.81. The lowest BCUT2D eigenvalue weighted by molar-refractivity contribution is 0.136. The molecule has 0 aliphatic carbocycles. The number of aromatic nitrogens is 1. The predicted octanol–water partition coefficient (Wildman–Crippen LogP) is 1.29. The smallest absolute Gasteiger partial charge is 0.258 e. The summed E-state index contributed by atoms with van der Waals surface area (Å²) in [5, 5.41) is 3.20. The lowest BCUT2D eigenvalue weighted by Crippen LogP contribution is -2.28. The number of hydrogen-bond acceptors (Lipinski definition) is 5. The molecule has 0 amide bonds. The second-order valence-electron chi connectivity index (χ2n) is 4.65. The SMILES string of the molecule is CCCCOCCNS(=O)(=O)c1ccc(CNCC)cn1. The summed E-state index contributed by atoms with van der Waals surface area (Å²) in [4.78, 5) is 4.00. The molecule has 2 N–H and O–H groups in total. The van der Waals surface area contributed by atoms with E-state index in [0.717, 1.165) is 24.9 Å². The normalized spacial score (nSPS) is 11.7. The Morgan fingerprint density at radius 1 is 1.24 bits per heavy atom. The first-order chi connectivity index (χ1) is 10.1. The van der Waals surface area contributed by atoms with Crippen molar-refractivity contribution >= 4 is 10.0 Å². The zero-order valence-corrected chi connectivity index (χ0v) is 13.6. The van der Waals surface area contributed by atoms with Crippen LogP contribution in [0.3, 0.4) is 0 Å². The van der Waals surface area contributed by atoms with Crippen molar-refractivity contribution in [3.05, 3.63) is 23.9 Å². The lowest BCUT2D eigenvalue weighted by atomic mass is 10.3. The fourth-order valence-electron chi connectivity index (χ4n) is 1.61. The van der Waals surface area contributed by atoms with Gasteiger partial charge in [0.1, 0.15) is 0 Å². The van der Waals surface area contributed by atoms with Gasteiger partial charge in [-0.05, 0) is 24.6 Å². The van der Waals surface area contributed by atoms with Gasteiger partial charge in [-0.2, -0.15) is 0 Å². The highest BCUT2D eigenvalue weighted by Crippen LogP contribution is 2.06. The highest BCUT2D eigenvalue weighted by molar-refractivity contribution is 7.89. The summed E-state index contributed by atoms with van der Waals surface area (Å²) in [6.45, 7) is 6.93. The van der Waals surface area contributed by atoms with Crippen molar-refractivity contribution in [2.45, 2.75) is 38.3 Å². The third kappa shape index (κ3) is 6.99. The highest BCUT2D eigenvalue weighted by Gasteiger charge is 2.14. The maximum Gasteiger partial charge on any atom is 0.258 e. The molecule has 0 spiro atoms. The largest absolute Gasteiger partial charge is 0.380 e. The van der Waals surface area contributed by atoms with Gasteiger partial charge in [-0.1, -0.05) is 26.3 Å². The van der Waals surface area contributed by atoms with Gasteiger partial charge < -0.3 is 10.1 Å². The Kier molecular flexibility index (Phi) is 8.44. The summed E-state index contributed by atoms with van der Waals surface area (Å²) in [5.41, 5.74) is 0.957. The number of nitrogens with one attached hydrogen (secondary N) is 2. The molecule has 0 saturated carbocycles. The molecule has 0 unspecified atom stereocenters. The van der Waals surface area contributed by atoms with E-state index in [4.69, 9.17) is 4.74 Å². The van der Waals surface area contributed by atoms with E-state index in [0.29, 0.717) is 19.8 Å². The summed E-state index contributed by atoms with van der Waals surface area (Å²) >= 11 is 0. The Balaban J connectivity index is 2.42. The van der Waals surface area contributed by atoms with Crippen LogP contribution in [0, 0.1) is 0 Å². The molecule has 1 rings (SSSR count). The van der Waals surface area contributed by atoms with Gasteiger partial charge in [0.05, 0.1) is 6.61 Å². The molecular weight excluding hydrogens is 290 g/mol. The minimum atomic E-state index is -3.55. The molecular formula is C14H25N3O3S. The summed E-state index contributed by atoms with van der Waals surface area (Å²) in [5.74, 6) is 0. The van der Waals surface area contributed by atoms with Gasteiger partial charge in [0.25, 0.3) is 10.0 Å². The van der Waals surface area contributed by atoms with Crippen molar-refractivity contribution in [3.8, 4) is 0 Å². The molecule has 0 bridgehead atoms. The first-order valence-electron chi connectivity index (χ1n) is 7.33. The van der Waals surface area contributed by atoms with Crippen molar-refractivity contribution in [2.24, 2.45) is 0 Å². The van der Waals surface area contributed by atoms with Gasteiger partial charge >= 0.3 is 0 Å². The average molecular weight is 315 g/mol. The second-order valence-corrected chi connectivity index (χ2v) is 6.36. The number of pyridine rings is 1. The van der Waals surface area contributed by atoms with E-state index in [2.05, 4.69) is 21.9 Å². The Morgan fingerprint density at radius 2 is 2.05 bits per heavy atom. The van der Waals surface area contributed by atoms with E-state index in [-0.39, 0.29) is 11.6 Å². The minimum Gasteiger partial charge on any atom is -0.380 e.